The van der Waals surface area contributed by atoms with Crippen molar-refractivity contribution >= 4 is 33.7 Å². The van der Waals surface area contributed by atoms with Crippen LogP contribution in [0.4, 0.5) is 0 Å². The van der Waals surface area contributed by atoms with Gasteiger partial charge >= 0.3 is 0 Å². The van der Waals surface area contributed by atoms with Crippen LogP contribution in [0.2, 0.25) is 0 Å². The van der Waals surface area contributed by atoms with E-state index in [0.29, 0.717) is 0 Å². The number of hydrogen-bond donors (Lipinski definition) is 0. The fraction of sp³-hybridized carbons (Fsp3) is 0. The molecule has 12 heavy (non-hydrogen) atoms. The third-order valence-electron chi connectivity index (χ3n) is 1.24. The van der Waals surface area contributed by atoms with Crippen LogP contribution in [-0.2, 0) is 0 Å². The summed E-state index contributed by atoms with van der Waals surface area (Å²) in [4.78, 5) is 21.2. The minimum atomic E-state index is -0.633. The van der Waals surface area contributed by atoms with E-state index >= 15 is 0 Å². The van der Waals surface area contributed by atoms with Gasteiger partial charge in [0.25, 0.3) is 10.5 Å². The van der Waals surface area contributed by atoms with Gasteiger partial charge in [0.15, 0.2) is 0 Å². The highest BCUT2D eigenvalue weighted by molar-refractivity contribution is 6.69. The molecule has 0 bridgehead atoms. The lowest BCUT2D eigenvalue weighted by Gasteiger charge is -1.94. The molecule has 1 aromatic rings. The molecular formula is C8H3Cl2O2. The molecule has 0 unspecified atom stereocenters. The first-order chi connectivity index (χ1) is 5.61. The van der Waals surface area contributed by atoms with Gasteiger partial charge in [0.2, 0.25) is 0 Å². The van der Waals surface area contributed by atoms with Crippen LogP contribution in [0.5, 0.6) is 0 Å². The summed E-state index contributed by atoms with van der Waals surface area (Å²) < 4.78 is 0. The standard InChI is InChI=1S/C8H3Cl2O2/c9-7(11)5-2-1-3-6(4-5)8(10)12/h2-4H. The molecular weight excluding hydrogens is 199 g/mol. The largest absolute Gasteiger partial charge is 0.276 e. The fourth-order valence-electron chi connectivity index (χ4n) is 0.699. The molecule has 0 amide bonds. The van der Waals surface area contributed by atoms with Crippen LogP contribution in [0.3, 0.4) is 0 Å². The molecule has 0 aliphatic carbocycles. The quantitative estimate of drug-likeness (QED) is 0.689. The van der Waals surface area contributed by atoms with E-state index in [-0.39, 0.29) is 11.1 Å². The summed E-state index contributed by atoms with van der Waals surface area (Å²) in [5, 5.41) is -1.27. The van der Waals surface area contributed by atoms with Gasteiger partial charge in [-0.15, -0.1) is 0 Å². The highest BCUT2D eigenvalue weighted by Gasteiger charge is 2.05. The molecule has 1 radical (unpaired) electrons. The van der Waals surface area contributed by atoms with E-state index in [4.69, 9.17) is 23.2 Å². The van der Waals surface area contributed by atoms with Crippen LogP contribution < -0.4 is 0 Å². The second-order valence-corrected chi connectivity index (χ2v) is 2.74. The number of halogens is 2. The third kappa shape index (κ3) is 2.06. The Labute approximate surface area is 79.1 Å². The van der Waals surface area contributed by atoms with Gasteiger partial charge in [0, 0.05) is 11.1 Å². The Bertz CT molecular complexity index is 304. The van der Waals surface area contributed by atoms with Crippen molar-refractivity contribution in [3.8, 4) is 0 Å². The highest BCUT2D eigenvalue weighted by atomic mass is 35.5. The molecule has 0 saturated heterocycles. The summed E-state index contributed by atoms with van der Waals surface area (Å²) in [6, 6.07) is 6.68. The number of benzene rings is 1. The lowest BCUT2D eigenvalue weighted by molar-refractivity contribution is 0.108. The highest BCUT2D eigenvalue weighted by Crippen LogP contribution is 2.09. The van der Waals surface area contributed by atoms with E-state index in [9.17, 15) is 9.59 Å². The van der Waals surface area contributed by atoms with Gasteiger partial charge in [-0.2, -0.15) is 0 Å². The van der Waals surface area contributed by atoms with Crippen molar-refractivity contribution in [2.45, 2.75) is 0 Å². The van der Waals surface area contributed by atoms with Crippen LogP contribution in [-0.4, -0.2) is 10.5 Å². The minimum Gasteiger partial charge on any atom is -0.276 e. The zero-order chi connectivity index (χ0) is 9.14. The van der Waals surface area contributed by atoms with Crippen LogP contribution in [0, 0.1) is 6.07 Å². The van der Waals surface area contributed by atoms with Crippen molar-refractivity contribution in [3.63, 3.8) is 0 Å². The van der Waals surface area contributed by atoms with Gasteiger partial charge in [0.1, 0.15) is 0 Å². The van der Waals surface area contributed by atoms with Crippen molar-refractivity contribution < 1.29 is 9.59 Å². The molecule has 61 valence electrons. The fourth-order valence-corrected chi connectivity index (χ4v) is 0.917. The summed E-state index contributed by atoms with van der Waals surface area (Å²) in [5.41, 5.74) is 0.423. The molecule has 0 spiro atoms. The van der Waals surface area contributed by atoms with Crippen LogP contribution in [0.1, 0.15) is 20.7 Å². The maximum Gasteiger partial charge on any atom is 0.252 e. The van der Waals surface area contributed by atoms with Crippen LogP contribution in [0.15, 0.2) is 18.2 Å². The van der Waals surface area contributed by atoms with E-state index in [1.165, 1.54) is 18.2 Å². The molecule has 4 heteroatoms. The van der Waals surface area contributed by atoms with E-state index in [1.807, 2.05) is 0 Å². The average Bonchev–Trinajstić information content (AvgIpc) is 2.04. The van der Waals surface area contributed by atoms with Gasteiger partial charge in [-0.25, -0.2) is 0 Å². The molecule has 0 saturated carbocycles. The zero-order valence-electron chi connectivity index (χ0n) is 5.80. The maximum absolute atomic E-state index is 10.6. The first-order valence-corrected chi connectivity index (χ1v) is 3.77. The maximum atomic E-state index is 10.6. The molecule has 0 heterocycles. The van der Waals surface area contributed by atoms with Gasteiger partial charge in [-0.1, -0.05) is 0 Å². The van der Waals surface area contributed by atoms with E-state index in [0.717, 1.165) is 0 Å². The van der Waals surface area contributed by atoms with Crippen molar-refractivity contribution in [3.05, 3.63) is 35.4 Å². The van der Waals surface area contributed by atoms with Crippen molar-refractivity contribution in [1.82, 2.24) is 0 Å². The Morgan fingerprint density at radius 2 is 1.50 bits per heavy atom. The molecule has 0 N–H and O–H groups in total. The molecule has 0 aromatic heterocycles. The lowest BCUT2D eigenvalue weighted by Crippen LogP contribution is -1.93. The van der Waals surface area contributed by atoms with Gasteiger partial charge < -0.3 is 0 Å². The normalized spacial score (nSPS) is 9.50. The Kier molecular flexibility index (Phi) is 2.84. The summed E-state index contributed by atoms with van der Waals surface area (Å²) in [6.45, 7) is 0. The smallest absolute Gasteiger partial charge is 0.252 e. The van der Waals surface area contributed by atoms with E-state index in [1.54, 1.807) is 0 Å². The van der Waals surface area contributed by atoms with Crippen molar-refractivity contribution in [1.29, 1.82) is 0 Å². The minimum absolute atomic E-state index is 0.211. The van der Waals surface area contributed by atoms with Gasteiger partial charge in [-0.3, -0.25) is 9.59 Å². The lowest BCUT2D eigenvalue weighted by atomic mass is 10.1. The van der Waals surface area contributed by atoms with Crippen molar-refractivity contribution in [2.75, 3.05) is 0 Å². The van der Waals surface area contributed by atoms with Crippen molar-refractivity contribution in [2.24, 2.45) is 0 Å². The summed E-state index contributed by atoms with van der Waals surface area (Å²) in [6.07, 6.45) is 0. The SMILES string of the molecule is O=C(Cl)c1c[c]cc(C(=O)Cl)c1. The average molecular weight is 202 g/mol. The number of carbonyl (C=O) groups is 2. The summed E-state index contributed by atoms with van der Waals surface area (Å²) >= 11 is 10.3. The molecule has 0 aliphatic rings. The Hall–Kier alpha value is -0.860. The predicted octanol–water partition coefficient (Wildman–Crippen LogP) is 2.24. The second-order valence-electron chi connectivity index (χ2n) is 2.06. The van der Waals surface area contributed by atoms with Crippen LogP contribution in [0.25, 0.3) is 0 Å². The number of carbonyl (C=O) groups excluding carboxylic acids is 2. The molecule has 0 fully saturated rings. The Morgan fingerprint density at radius 3 is 1.83 bits per heavy atom. The topological polar surface area (TPSA) is 34.1 Å². The molecule has 1 aromatic carbocycles. The van der Waals surface area contributed by atoms with Crippen LogP contribution >= 0.6 is 23.2 Å². The third-order valence-corrected chi connectivity index (χ3v) is 1.68. The van der Waals surface area contributed by atoms with E-state index in [2.05, 4.69) is 6.07 Å². The monoisotopic (exact) mass is 201 g/mol. The summed E-state index contributed by atoms with van der Waals surface area (Å²) in [7, 11) is 0. The zero-order valence-corrected chi connectivity index (χ0v) is 7.32. The van der Waals surface area contributed by atoms with E-state index < -0.39 is 10.5 Å². The van der Waals surface area contributed by atoms with Gasteiger partial charge in [0.05, 0.1) is 0 Å². The summed E-state index contributed by atoms with van der Waals surface area (Å²) in [5.74, 6) is 0. The molecule has 0 aliphatic heterocycles. The molecule has 2 nitrogen and oxygen atoms in total. The number of hydrogen-bond acceptors (Lipinski definition) is 2. The number of rotatable bonds is 2. The molecule has 0 atom stereocenters. The first-order valence-electron chi connectivity index (χ1n) is 3.02. The Morgan fingerprint density at radius 1 is 1.08 bits per heavy atom. The first kappa shape index (κ1) is 9.23. The molecule has 1 rings (SSSR count). The Balaban J connectivity index is 3.12. The van der Waals surface area contributed by atoms with Gasteiger partial charge in [-0.05, 0) is 47.5 Å². The predicted molar refractivity (Wildman–Crippen MR) is 45.6 cm³/mol. The second kappa shape index (κ2) is 3.70.